The van der Waals surface area contributed by atoms with Gasteiger partial charge in [-0.05, 0) is 49.7 Å². The van der Waals surface area contributed by atoms with Gasteiger partial charge in [0.1, 0.15) is 11.6 Å². The molecule has 3 fully saturated rings. The van der Waals surface area contributed by atoms with E-state index in [-0.39, 0.29) is 5.75 Å². The molecule has 0 amide bonds. The number of esters is 1. The number of aliphatic hydroxyl groups excluding tert-OH is 1. The smallest absolute Gasteiger partial charge is 0.333 e. The topological polar surface area (TPSA) is 97.7 Å². The Morgan fingerprint density at radius 3 is 2.67 bits per heavy atom. The Bertz CT molecular complexity index is 1230. The van der Waals surface area contributed by atoms with Crippen molar-refractivity contribution in [1.82, 2.24) is 4.90 Å². The molecule has 6 rings (SSSR count). The lowest BCUT2D eigenvalue weighted by atomic mass is 9.50. The number of carbonyl (C=O) groups excluding carboxylic acids is 1. The molecule has 2 heterocycles. The minimum Gasteiger partial charge on any atom is -0.504 e. The predicted molar refractivity (Wildman–Crippen MR) is 130 cm³/mol. The number of carbonyl (C=O) groups is 1. The van der Waals surface area contributed by atoms with Crippen LogP contribution in [-0.4, -0.2) is 72.4 Å². The number of likely N-dealkylation sites (N-methyl/N-ethyl adjacent to an activating group) is 1. The van der Waals surface area contributed by atoms with Crippen molar-refractivity contribution in [3.8, 4) is 11.5 Å². The fraction of sp³-hybridized carbons (Fsp3) is 0.464. The molecule has 190 valence electrons. The summed E-state index contributed by atoms with van der Waals surface area (Å²) >= 11 is 0. The minimum absolute atomic E-state index is 0.0697. The van der Waals surface area contributed by atoms with Crippen LogP contribution < -0.4 is 4.74 Å². The number of fused-ring (bicyclic) bond motifs is 3. The molecule has 36 heavy (non-hydrogen) atoms. The first-order valence-electron chi connectivity index (χ1n) is 12.3. The molecule has 8 nitrogen and oxygen atoms in total. The van der Waals surface area contributed by atoms with Crippen molar-refractivity contribution in [3.63, 3.8) is 0 Å². The summed E-state index contributed by atoms with van der Waals surface area (Å²) in [5.74, 6) is -1.86. The molecular weight excluding hydrogens is 462 g/mol. The summed E-state index contributed by atoms with van der Waals surface area (Å²) in [7, 11) is 5.03. The number of phenolic OH excluding ortho intramolecular Hbond substituents is 1. The first-order chi connectivity index (χ1) is 17.3. The average Bonchev–Trinajstić information content (AvgIpc) is 3.38. The Labute approximate surface area is 210 Å². The normalized spacial score (nSPS) is 36.5. The van der Waals surface area contributed by atoms with Crippen LogP contribution in [0.4, 0.5) is 0 Å². The Morgan fingerprint density at radius 1 is 1.17 bits per heavy atom. The summed E-state index contributed by atoms with van der Waals surface area (Å²) in [6.07, 6.45) is 2.29. The molecule has 4 aliphatic rings. The fourth-order valence-corrected chi connectivity index (χ4v) is 7.54. The molecule has 2 aliphatic carbocycles. The van der Waals surface area contributed by atoms with E-state index in [1.807, 2.05) is 43.4 Å². The molecule has 1 spiro atoms. The predicted octanol–water partition coefficient (Wildman–Crippen LogP) is 2.92. The molecule has 6 unspecified atom stereocenters. The Hall–Kier alpha value is -2.91. The van der Waals surface area contributed by atoms with E-state index in [1.54, 1.807) is 12.1 Å². The first-order valence-corrected chi connectivity index (χ1v) is 12.3. The minimum atomic E-state index is -1.70. The Balaban J connectivity index is 1.52. The van der Waals surface area contributed by atoms with Crippen molar-refractivity contribution in [2.75, 3.05) is 27.8 Å². The van der Waals surface area contributed by atoms with Crippen molar-refractivity contribution in [2.24, 2.45) is 0 Å². The van der Waals surface area contributed by atoms with Gasteiger partial charge in [-0.25, -0.2) is 4.79 Å². The van der Waals surface area contributed by atoms with Crippen LogP contribution in [0.15, 0.2) is 48.5 Å². The summed E-state index contributed by atoms with van der Waals surface area (Å²) in [4.78, 5) is 15.4. The Kier molecular flexibility index (Phi) is 5.25. The molecule has 2 bridgehead atoms. The fourth-order valence-electron chi connectivity index (χ4n) is 7.54. The van der Waals surface area contributed by atoms with Crippen molar-refractivity contribution >= 4 is 12.0 Å². The number of phenols is 1. The number of likely N-dealkylation sites (tertiary alicyclic amines) is 1. The van der Waals surface area contributed by atoms with Gasteiger partial charge in [-0.2, -0.15) is 0 Å². The quantitative estimate of drug-likeness (QED) is 0.485. The summed E-state index contributed by atoms with van der Waals surface area (Å²) in [5, 5.41) is 23.1. The highest BCUT2D eigenvalue weighted by Crippen LogP contribution is 2.73. The number of rotatable bonds is 5. The Morgan fingerprint density at radius 2 is 1.94 bits per heavy atom. The lowest BCUT2D eigenvalue weighted by Gasteiger charge is -2.60. The average molecular weight is 494 g/mol. The lowest BCUT2D eigenvalue weighted by Crippen LogP contribution is -2.78. The van der Waals surface area contributed by atoms with E-state index in [1.165, 1.54) is 20.3 Å². The number of methoxy groups -OCH3 is 2. The van der Waals surface area contributed by atoms with Crippen molar-refractivity contribution < 1.29 is 34.0 Å². The van der Waals surface area contributed by atoms with Gasteiger partial charge in [-0.3, -0.25) is 4.90 Å². The number of hydrogen-bond acceptors (Lipinski definition) is 8. The summed E-state index contributed by atoms with van der Waals surface area (Å²) < 4.78 is 24.1. The molecule has 0 aromatic heterocycles. The van der Waals surface area contributed by atoms with Gasteiger partial charge in [-0.15, -0.1) is 0 Å². The van der Waals surface area contributed by atoms with Gasteiger partial charge >= 0.3 is 5.97 Å². The van der Waals surface area contributed by atoms with Gasteiger partial charge in [0, 0.05) is 30.6 Å². The van der Waals surface area contributed by atoms with Gasteiger partial charge in [-0.1, -0.05) is 36.4 Å². The van der Waals surface area contributed by atoms with Gasteiger partial charge in [0.25, 0.3) is 5.79 Å². The number of nitrogens with zero attached hydrogens (tertiary/aromatic N) is 1. The number of benzene rings is 2. The molecule has 8 heteroatoms. The molecule has 2 N–H and O–H groups in total. The number of aliphatic hydroxyl groups is 1. The molecule has 1 saturated carbocycles. The molecular formula is C28H31NO7. The molecule has 2 aromatic rings. The van der Waals surface area contributed by atoms with E-state index < -0.39 is 41.0 Å². The molecule has 6 atom stereocenters. The molecule has 0 radical (unpaired) electrons. The molecule has 2 saturated heterocycles. The summed E-state index contributed by atoms with van der Waals surface area (Å²) in [6, 6.07) is 13.1. The SMILES string of the molecule is COc1ccc2c(c1O)C13CCN(C)C14CC2OC4(OC(=O)C=Cc1ccccc1)C(O)C(OC)C3. The maximum absolute atomic E-state index is 13.3. The third-order valence-electron chi connectivity index (χ3n) is 8.97. The van der Waals surface area contributed by atoms with E-state index in [4.69, 9.17) is 18.9 Å². The van der Waals surface area contributed by atoms with Crippen LogP contribution in [0.1, 0.15) is 42.1 Å². The van der Waals surface area contributed by atoms with Crippen LogP contribution in [0.2, 0.25) is 0 Å². The van der Waals surface area contributed by atoms with Crippen molar-refractivity contribution in [3.05, 3.63) is 65.2 Å². The highest BCUT2D eigenvalue weighted by Gasteiger charge is 2.83. The standard InChI is InChI=1S/C28H31NO7/c1-29-14-13-26-15-21(34-3)25(32)28(36-22(30)12-9-17-7-5-4-6-8-17)27(26,29)16-20(35-28)18-10-11-19(33-2)24(31)23(18)26/h4-12,20-21,25,31-32H,13-16H2,1-3H3. The van der Waals surface area contributed by atoms with Gasteiger partial charge in [0.05, 0.1) is 19.3 Å². The monoisotopic (exact) mass is 493 g/mol. The van der Waals surface area contributed by atoms with Gasteiger partial charge in [0.15, 0.2) is 11.5 Å². The second-order valence-electron chi connectivity index (χ2n) is 10.3. The third-order valence-corrected chi connectivity index (χ3v) is 8.97. The van der Waals surface area contributed by atoms with E-state index in [0.717, 1.165) is 16.7 Å². The van der Waals surface area contributed by atoms with Crippen LogP contribution >= 0.6 is 0 Å². The van der Waals surface area contributed by atoms with Crippen LogP contribution in [0.25, 0.3) is 6.08 Å². The maximum atomic E-state index is 13.3. The van der Waals surface area contributed by atoms with Crippen LogP contribution in [0.3, 0.4) is 0 Å². The molecule has 2 aliphatic heterocycles. The maximum Gasteiger partial charge on any atom is 0.333 e. The van der Waals surface area contributed by atoms with E-state index >= 15 is 0 Å². The summed E-state index contributed by atoms with van der Waals surface area (Å²) in [6.45, 7) is 0.675. The van der Waals surface area contributed by atoms with Crippen molar-refractivity contribution in [1.29, 1.82) is 0 Å². The lowest BCUT2D eigenvalue weighted by molar-refractivity contribution is -0.329. The zero-order valence-corrected chi connectivity index (χ0v) is 20.6. The number of hydrogen-bond donors (Lipinski definition) is 2. The highest BCUT2D eigenvalue weighted by atomic mass is 16.7. The van der Waals surface area contributed by atoms with Crippen LogP contribution in [0.5, 0.6) is 11.5 Å². The molecule has 2 aromatic carbocycles. The zero-order chi connectivity index (χ0) is 25.3. The summed E-state index contributed by atoms with van der Waals surface area (Å²) in [5.41, 5.74) is 0.847. The van der Waals surface area contributed by atoms with Crippen LogP contribution in [0, 0.1) is 0 Å². The van der Waals surface area contributed by atoms with Crippen molar-refractivity contribution in [2.45, 2.75) is 54.3 Å². The second-order valence-corrected chi connectivity index (χ2v) is 10.3. The third kappa shape index (κ3) is 2.75. The van der Waals surface area contributed by atoms with E-state index in [0.29, 0.717) is 31.6 Å². The van der Waals surface area contributed by atoms with Gasteiger partial charge < -0.3 is 29.2 Å². The highest BCUT2D eigenvalue weighted by molar-refractivity contribution is 5.87. The van der Waals surface area contributed by atoms with E-state index in [2.05, 4.69) is 4.90 Å². The van der Waals surface area contributed by atoms with Gasteiger partial charge in [0.2, 0.25) is 0 Å². The largest absolute Gasteiger partial charge is 0.504 e. The zero-order valence-electron chi connectivity index (χ0n) is 20.6. The van der Waals surface area contributed by atoms with Crippen LogP contribution in [-0.2, 0) is 24.4 Å². The van der Waals surface area contributed by atoms with E-state index in [9.17, 15) is 15.0 Å². The second kappa shape index (κ2) is 8.05. The number of ether oxygens (including phenoxy) is 4. The number of aromatic hydroxyl groups is 1. The first kappa shape index (κ1) is 23.5.